The fraction of sp³-hybridized carbons (Fsp3) is 0.300. The molecule has 28 heavy (non-hydrogen) atoms. The van der Waals surface area contributed by atoms with Crippen LogP contribution < -0.4 is 5.43 Å². The maximum atomic E-state index is 12.6. The number of rotatable bonds is 5. The Morgan fingerprint density at radius 3 is 2.54 bits per heavy atom. The van der Waals surface area contributed by atoms with Crippen molar-refractivity contribution in [2.45, 2.75) is 26.7 Å². The number of aromatic nitrogens is 1. The Hall–Kier alpha value is -2.93. The van der Waals surface area contributed by atoms with E-state index < -0.39 is 17.4 Å². The Bertz CT molecular complexity index is 1150. The molecular weight excluding hydrogens is 386 g/mol. The molecule has 0 spiro atoms. The number of nitrogens with zero attached hydrogens (tertiary/aromatic N) is 1. The standard InChI is InChI=1S/C20H18ClNO6/c1-4-6-10-17-11(13(21)8-14(22-17)19(24)26-3)7-12-15(23)9-16(28-18(10)12)20(25)27-5-2/h7-9H,4-6H2,1-3H3. The fourth-order valence-electron chi connectivity index (χ4n) is 3.00. The van der Waals surface area contributed by atoms with E-state index in [1.165, 1.54) is 13.2 Å². The van der Waals surface area contributed by atoms with Crippen LogP contribution in [0, 0.1) is 0 Å². The van der Waals surface area contributed by atoms with Gasteiger partial charge >= 0.3 is 11.9 Å². The van der Waals surface area contributed by atoms with Crippen LogP contribution in [0.2, 0.25) is 5.02 Å². The van der Waals surface area contributed by atoms with Gasteiger partial charge in [0, 0.05) is 17.0 Å². The Balaban J connectivity index is 2.42. The largest absolute Gasteiger partial charge is 0.464 e. The van der Waals surface area contributed by atoms with E-state index in [1.54, 1.807) is 13.0 Å². The highest BCUT2D eigenvalue weighted by Crippen LogP contribution is 2.32. The second-order valence-corrected chi connectivity index (χ2v) is 6.46. The van der Waals surface area contributed by atoms with Gasteiger partial charge in [0.25, 0.3) is 0 Å². The van der Waals surface area contributed by atoms with Crippen molar-refractivity contribution in [3.63, 3.8) is 0 Å². The number of carbonyl (C=O) groups excluding carboxylic acids is 2. The lowest BCUT2D eigenvalue weighted by atomic mass is 10.0. The summed E-state index contributed by atoms with van der Waals surface area (Å²) < 4.78 is 15.4. The highest BCUT2D eigenvalue weighted by molar-refractivity contribution is 6.36. The Morgan fingerprint density at radius 2 is 1.89 bits per heavy atom. The predicted octanol–water partition coefficient (Wildman–Crippen LogP) is 3.91. The molecule has 2 heterocycles. The molecule has 0 bridgehead atoms. The number of halogens is 1. The van der Waals surface area contributed by atoms with E-state index in [1.807, 2.05) is 6.92 Å². The van der Waals surface area contributed by atoms with Crippen LogP contribution in [0.5, 0.6) is 0 Å². The number of pyridine rings is 1. The maximum Gasteiger partial charge on any atom is 0.374 e. The number of fused-ring (bicyclic) bond motifs is 2. The Kier molecular flexibility index (Phi) is 5.65. The van der Waals surface area contributed by atoms with E-state index in [-0.39, 0.29) is 34.1 Å². The molecule has 0 aliphatic rings. The number of aryl methyl sites for hydroxylation is 1. The van der Waals surface area contributed by atoms with E-state index in [0.29, 0.717) is 29.3 Å². The molecule has 3 aromatic rings. The number of hydrogen-bond acceptors (Lipinski definition) is 7. The molecular formula is C20H18ClNO6. The zero-order chi connectivity index (χ0) is 20.4. The quantitative estimate of drug-likeness (QED) is 0.470. The molecule has 146 valence electrons. The van der Waals surface area contributed by atoms with Gasteiger partial charge in [0.2, 0.25) is 5.76 Å². The third-order valence-electron chi connectivity index (χ3n) is 4.21. The number of esters is 2. The number of ether oxygens (including phenoxy) is 2. The Morgan fingerprint density at radius 1 is 1.14 bits per heavy atom. The number of carbonyl (C=O) groups is 2. The van der Waals surface area contributed by atoms with Gasteiger partial charge in [-0.05, 0) is 25.5 Å². The summed E-state index contributed by atoms with van der Waals surface area (Å²) in [5.41, 5.74) is 0.894. The van der Waals surface area contributed by atoms with Crippen LogP contribution in [-0.4, -0.2) is 30.6 Å². The summed E-state index contributed by atoms with van der Waals surface area (Å²) in [5, 5.41) is 1.05. The van der Waals surface area contributed by atoms with Gasteiger partial charge in [-0.15, -0.1) is 0 Å². The second-order valence-electron chi connectivity index (χ2n) is 6.05. The van der Waals surface area contributed by atoms with E-state index >= 15 is 0 Å². The molecule has 0 fully saturated rings. The first kappa shape index (κ1) is 19.8. The van der Waals surface area contributed by atoms with Crippen molar-refractivity contribution in [3.05, 3.63) is 50.5 Å². The van der Waals surface area contributed by atoms with Gasteiger partial charge in [-0.3, -0.25) is 4.79 Å². The number of methoxy groups -OCH3 is 1. The first-order chi connectivity index (χ1) is 13.4. The molecule has 2 aromatic heterocycles. The normalized spacial score (nSPS) is 11.0. The first-order valence-electron chi connectivity index (χ1n) is 8.76. The fourth-order valence-corrected chi connectivity index (χ4v) is 3.25. The monoisotopic (exact) mass is 403 g/mol. The van der Waals surface area contributed by atoms with Crippen LogP contribution in [-0.2, 0) is 15.9 Å². The van der Waals surface area contributed by atoms with Crippen molar-refractivity contribution < 1.29 is 23.5 Å². The lowest BCUT2D eigenvalue weighted by molar-refractivity contribution is 0.0490. The van der Waals surface area contributed by atoms with Gasteiger partial charge < -0.3 is 13.9 Å². The van der Waals surface area contributed by atoms with Gasteiger partial charge in [0.15, 0.2) is 11.1 Å². The van der Waals surface area contributed by atoms with Gasteiger partial charge in [0.05, 0.1) is 29.6 Å². The average Bonchev–Trinajstić information content (AvgIpc) is 2.68. The summed E-state index contributed by atoms with van der Waals surface area (Å²) in [4.78, 5) is 41.0. The molecule has 0 N–H and O–H groups in total. The molecule has 0 unspecified atom stereocenters. The van der Waals surface area contributed by atoms with Gasteiger partial charge in [-0.2, -0.15) is 0 Å². The minimum atomic E-state index is -0.724. The average molecular weight is 404 g/mol. The van der Waals surface area contributed by atoms with Crippen molar-refractivity contribution in [3.8, 4) is 0 Å². The molecule has 7 nitrogen and oxygen atoms in total. The molecule has 0 saturated carbocycles. The molecule has 3 rings (SSSR count). The topological polar surface area (TPSA) is 95.7 Å². The third-order valence-corrected chi connectivity index (χ3v) is 4.52. The van der Waals surface area contributed by atoms with Gasteiger partial charge in [0.1, 0.15) is 5.58 Å². The molecule has 8 heteroatoms. The number of benzene rings is 1. The summed E-state index contributed by atoms with van der Waals surface area (Å²) in [5.74, 6) is -1.54. The van der Waals surface area contributed by atoms with Crippen molar-refractivity contribution >= 4 is 45.4 Å². The highest BCUT2D eigenvalue weighted by atomic mass is 35.5. The minimum absolute atomic E-state index is 0.0422. The van der Waals surface area contributed by atoms with Crippen molar-refractivity contribution in [1.82, 2.24) is 4.98 Å². The van der Waals surface area contributed by atoms with Crippen molar-refractivity contribution in [2.75, 3.05) is 13.7 Å². The van der Waals surface area contributed by atoms with Gasteiger partial charge in [-0.25, -0.2) is 14.6 Å². The smallest absolute Gasteiger partial charge is 0.374 e. The zero-order valence-corrected chi connectivity index (χ0v) is 16.4. The Labute approximate surface area is 165 Å². The molecule has 0 atom stereocenters. The molecule has 0 amide bonds. The van der Waals surface area contributed by atoms with Crippen molar-refractivity contribution in [1.29, 1.82) is 0 Å². The SMILES string of the molecule is CCCc1c2nc(C(=O)OC)cc(Cl)c2cc2c(=O)cc(C(=O)OCC)oc12. The van der Waals surface area contributed by atoms with Crippen LogP contribution in [0.15, 0.2) is 27.4 Å². The zero-order valence-electron chi connectivity index (χ0n) is 15.6. The summed E-state index contributed by atoms with van der Waals surface area (Å²) >= 11 is 6.36. The summed E-state index contributed by atoms with van der Waals surface area (Å²) in [6, 6.07) is 4.05. The van der Waals surface area contributed by atoms with E-state index in [9.17, 15) is 14.4 Å². The van der Waals surface area contributed by atoms with E-state index in [4.69, 9.17) is 25.5 Å². The van der Waals surface area contributed by atoms with Crippen LogP contribution >= 0.6 is 11.6 Å². The summed E-state index contributed by atoms with van der Waals surface area (Å²) in [6.07, 6.45) is 1.21. The maximum absolute atomic E-state index is 12.6. The highest BCUT2D eigenvalue weighted by Gasteiger charge is 2.21. The van der Waals surface area contributed by atoms with Gasteiger partial charge in [-0.1, -0.05) is 24.9 Å². The lowest BCUT2D eigenvalue weighted by Gasteiger charge is -2.12. The minimum Gasteiger partial charge on any atom is -0.464 e. The van der Waals surface area contributed by atoms with Crippen molar-refractivity contribution in [2.24, 2.45) is 0 Å². The summed E-state index contributed by atoms with van der Waals surface area (Å²) in [6.45, 7) is 3.76. The van der Waals surface area contributed by atoms with E-state index in [2.05, 4.69) is 4.98 Å². The van der Waals surface area contributed by atoms with Crippen LogP contribution in [0.3, 0.4) is 0 Å². The summed E-state index contributed by atoms with van der Waals surface area (Å²) in [7, 11) is 1.25. The van der Waals surface area contributed by atoms with Crippen LogP contribution in [0.4, 0.5) is 0 Å². The molecule has 0 saturated heterocycles. The molecule has 0 aliphatic heterocycles. The first-order valence-corrected chi connectivity index (χ1v) is 9.14. The molecule has 0 radical (unpaired) electrons. The predicted molar refractivity (Wildman–Crippen MR) is 104 cm³/mol. The second kappa shape index (κ2) is 7.98. The molecule has 0 aliphatic carbocycles. The van der Waals surface area contributed by atoms with E-state index in [0.717, 1.165) is 6.07 Å². The number of hydrogen-bond donors (Lipinski definition) is 0. The van der Waals surface area contributed by atoms with Crippen LogP contribution in [0.1, 0.15) is 46.9 Å². The third kappa shape index (κ3) is 3.45. The lowest BCUT2D eigenvalue weighted by Crippen LogP contribution is -2.11. The molecule has 1 aromatic carbocycles. The van der Waals surface area contributed by atoms with Crippen LogP contribution in [0.25, 0.3) is 21.9 Å².